The highest BCUT2D eigenvalue weighted by molar-refractivity contribution is 9.11. The predicted octanol–water partition coefficient (Wildman–Crippen LogP) is 5.77. The molecule has 0 aliphatic carbocycles. The van der Waals surface area contributed by atoms with Crippen LogP contribution in [0.3, 0.4) is 0 Å². The number of amides is 2. The third kappa shape index (κ3) is 6.29. The number of carbonyl (C=O) groups is 3. The number of ether oxygens (including phenoxy) is 1. The van der Waals surface area contributed by atoms with Crippen molar-refractivity contribution in [3.05, 3.63) is 86.3 Å². The molecule has 4 rings (SSSR count). The van der Waals surface area contributed by atoms with Crippen LogP contribution < -0.4 is 10.2 Å². The summed E-state index contributed by atoms with van der Waals surface area (Å²) in [6.07, 6.45) is 0. The van der Waals surface area contributed by atoms with Gasteiger partial charge in [0.05, 0.1) is 35.8 Å². The van der Waals surface area contributed by atoms with Crippen LogP contribution in [0.15, 0.2) is 74.6 Å². The molecule has 0 saturated carbocycles. The molecule has 8 nitrogen and oxygen atoms in total. The lowest BCUT2D eigenvalue weighted by molar-refractivity contribution is -0.119. The number of carbonyl (C=O) groups excluding carboxylic acids is 3. The molecule has 0 bridgehead atoms. The first kappa shape index (κ1) is 28.7. The molecule has 1 aliphatic rings. The molecular formula is C29H28Br2N4O4. The molecule has 3 aromatic rings. The number of hydrogen-bond donors (Lipinski definition) is 1. The Hall–Kier alpha value is -3.34. The molecule has 0 spiro atoms. The predicted molar refractivity (Wildman–Crippen MR) is 160 cm³/mol. The quantitative estimate of drug-likeness (QED) is 0.246. The van der Waals surface area contributed by atoms with E-state index < -0.39 is 11.9 Å². The van der Waals surface area contributed by atoms with E-state index in [1.54, 1.807) is 37.1 Å². The standard InChI is InChI=1S/C29H28Br2N4O4/c1-5-39-29(38)18-11-12-20-23(13-18)33-28(37)25(20)26(17-9-7-6-8-10-17)32-19-14-21(30)27(22(31)15-19)35(4)24(36)16-34(2)3/h6-15,25H,5,16H2,1-4H3,(H,33,37). The van der Waals surface area contributed by atoms with E-state index in [9.17, 15) is 14.4 Å². The number of rotatable bonds is 8. The van der Waals surface area contributed by atoms with Crippen LogP contribution in [0.4, 0.5) is 17.1 Å². The average Bonchev–Trinajstić information content (AvgIpc) is 3.21. The molecule has 3 aromatic carbocycles. The van der Waals surface area contributed by atoms with Crippen LogP contribution in [0, 0.1) is 0 Å². The fourth-order valence-corrected chi connectivity index (χ4v) is 6.05. The smallest absolute Gasteiger partial charge is 0.338 e. The van der Waals surface area contributed by atoms with E-state index in [-0.39, 0.29) is 25.0 Å². The van der Waals surface area contributed by atoms with Gasteiger partial charge in [-0.25, -0.2) is 4.79 Å². The summed E-state index contributed by atoms with van der Waals surface area (Å²) in [5, 5.41) is 2.90. The molecule has 39 heavy (non-hydrogen) atoms. The Morgan fingerprint density at radius 3 is 2.26 bits per heavy atom. The average molecular weight is 656 g/mol. The normalized spacial score (nSPS) is 14.7. The van der Waals surface area contributed by atoms with Crippen LogP contribution >= 0.6 is 31.9 Å². The van der Waals surface area contributed by atoms with Crippen LogP contribution in [0.2, 0.25) is 0 Å². The fraction of sp³-hybridized carbons (Fsp3) is 0.241. The van der Waals surface area contributed by atoms with Crippen LogP contribution in [-0.2, 0) is 14.3 Å². The molecule has 1 atom stereocenters. The van der Waals surface area contributed by atoms with Crippen molar-refractivity contribution in [3.8, 4) is 0 Å². The van der Waals surface area contributed by atoms with E-state index in [4.69, 9.17) is 9.73 Å². The lowest BCUT2D eigenvalue weighted by Gasteiger charge is -2.22. The molecule has 1 N–H and O–H groups in total. The van der Waals surface area contributed by atoms with Crippen LogP contribution in [0.25, 0.3) is 0 Å². The second kappa shape index (κ2) is 12.2. The monoisotopic (exact) mass is 654 g/mol. The lowest BCUT2D eigenvalue weighted by Crippen LogP contribution is -2.35. The van der Waals surface area contributed by atoms with Crippen molar-refractivity contribution < 1.29 is 19.1 Å². The summed E-state index contributed by atoms with van der Waals surface area (Å²) in [6.45, 7) is 2.27. The van der Waals surface area contributed by atoms with Crippen molar-refractivity contribution in [3.63, 3.8) is 0 Å². The van der Waals surface area contributed by atoms with Gasteiger partial charge in [0.15, 0.2) is 0 Å². The zero-order valence-electron chi connectivity index (χ0n) is 22.0. The maximum atomic E-state index is 13.3. The van der Waals surface area contributed by atoms with E-state index in [1.807, 2.05) is 61.5 Å². The van der Waals surface area contributed by atoms with Crippen molar-refractivity contribution >= 4 is 72.4 Å². The molecule has 0 aromatic heterocycles. The minimum absolute atomic E-state index is 0.0657. The molecule has 0 radical (unpaired) electrons. The van der Waals surface area contributed by atoms with E-state index in [2.05, 4.69) is 37.2 Å². The highest BCUT2D eigenvalue weighted by atomic mass is 79.9. The zero-order valence-corrected chi connectivity index (χ0v) is 25.2. The minimum Gasteiger partial charge on any atom is -0.462 e. The molecule has 2 amide bonds. The Morgan fingerprint density at radius 1 is 0.974 bits per heavy atom. The number of nitrogens with one attached hydrogen (secondary N) is 1. The maximum absolute atomic E-state index is 13.3. The first-order valence-electron chi connectivity index (χ1n) is 12.3. The van der Waals surface area contributed by atoms with Crippen molar-refractivity contribution in [1.82, 2.24) is 4.90 Å². The summed E-state index contributed by atoms with van der Waals surface area (Å²) in [7, 11) is 5.40. The summed E-state index contributed by atoms with van der Waals surface area (Å²) in [5.41, 5.74) is 4.25. The van der Waals surface area contributed by atoms with Crippen molar-refractivity contribution in [1.29, 1.82) is 0 Å². The number of likely N-dealkylation sites (N-methyl/N-ethyl adjacent to an activating group) is 2. The fourth-order valence-electron chi connectivity index (χ4n) is 4.36. The first-order valence-corrected chi connectivity index (χ1v) is 13.9. The maximum Gasteiger partial charge on any atom is 0.338 e. The number of benzene rings is 3. The third-order valence-corrected chi connectivity index (χ3v) is 7.36. The Kier molecular flexibility index (Phi) is 8.99. The molecule has 1 aliphatic heterocycles. The Labute approximate surface area is 244 Å². The highest BCUT2D eigenvalue weighted by Crippen LogP contribution is 2.40. The Morgan fingerprint density at radius 2 is 1.64 bits per heavy atom. The van der Waals surface area contributed by atoms with E-state index in [1.165, 1.54) is 0 Å². The number of fused-ring (bicyclic) bond motifs is 1. The summed E-state index contributed by atoms with van der Waals surface area (Å²) in [4.78, 5) is 46.6. The van der Waals surface area contributed by atoms with E-state index in [0.29, 0.717) is 37.3 Å². The van der Waals surface area contributed by atoms with Crippen LogP contribution in [-0.4, -0.2) is 62.7 Å². The molecular weight excluding hydrogens is 628 g/mol. The summed E-state index contributed by atoms with van der Waals surface area (Å²) in [5.74, 6) is -1.44. The van der Waals surface area contributed by atoms with Crippen molar-refractivity contribution in [2.45, 2.75) is 12.8 Å². The second-order valence-corrected chi connectivity index (χ2v) is 11.0. The van der Waals surface area contributed by atoms with Gasteiger partial charge >= 0.3 is 5.97 Å². The van der Waals surface area contributed by atoms with Gasteiger partial charge in [-0.1, -0.05) is 36.4 Å². The molecule has 1 heterocycles. The topological polar surface area (TPSA) is 91.3 Å². The summed E-state index contributed by atoms with van der Waals surface area (Å²) in [6, 6.07) is 18.2. The summed E-state index contributed by atoms with van der Waals surface area (Å²) < 4.78 is 6.46. The van der Waals surface area contributed by atoms with Crippen LogP contribution in [0.5, 0.6) is 0 Å². The highest BCUT2D eigenvalue weighted by Gasteiger charge is 2.36. The van der Waals surface area contributed by atoms with Gasteiger partial charge < -0.3 is 19.9 Å². The molecule has 1 unspecified atom stereocenters. The number of nitrogens with zero attached hydrogens (tertiary/aromatic N) is 3. The summed E-state index contributed by atoms with van der Waals surface area (Å²) >= 11 is 7.21. The van der Waals surface area contributed by atoms with Crippen molar-refractivity contribution in [2.75, 3.05) is 44.5 Å². The number of esters is 1. The molecule has 0 saturated heterocycles. The SMILES string of the molecule is CCOC(=O)c1ccc2c(c1)NC(=O)C2C(=Nc1cc(Br)c(N(C)C(=O)CN(C)C)c(Br)c1)c1ccccc1. The van der Waals surface area contributed by atoms with Crippen molar-refractivity contribution in [2.24, 2.45) is 4.99 Å². The number of aliphatic imine (C=N–C) groups is 1. The van der Waals surface area contributed by atoms with Gasteiger partial charge in [-0.2, -0.15) is 0 Å². The second-order valence-electron chi connectivity index (χ2n) is 9.26. The van der Waals surface area contributed by atoms with Gasteiger partial charge in [0.2, 0.25) is 11.8 Å². The number of anilines is 2. The zero-order chi connectivity index (χ0) is 28.3. The number of hydrogen-bond acceptors (Lipinski definition) is 6. The van der Waals surface area contributed by atoms with E-state index in [0.717, 1.165) is 11.1 Å². The van der Waals surface area contributed by atoms with Gasteiger partial charge in [0.1, 0.15) is 5.92 Å². The van der Waals surface area contributed by atoms with Gasteiger partial charge in [-0.15, -0.1) is 0 Å². The Bertz CT molecular complexity index is 1430. The first-order chi connectivity index (χ1) is 18.6. The van der Waals surface area contributed by atoms with E-state index >= 15 is 0 Å². The lowest BCUT2D eigenvalue weighted by atomic mass is 9.90. The van der Waals surface area contributed by atoms with Crippen LogP contribution in [0.1, 0.15) is 34.3 Å². The molecule has 10 heteroatoms. The minimum atomic E-state index is -0.694. The largest absolute Gasteiger partial charge is 0.462 e. The number of halogens is 2. The molecule has 0 fully saturated rings. The molecule has 202 valence electrons. The van der Waals surface area contributed by atoms with Gasteiger partial charge in [0.25, 0.3) is 0 Å². The van der Waals surface area contributed by atoms with Gasteiger partial charge in [-0.05, 0) is 88.3 Å². The Balaban J connectivity index is 1.78. The van der Waals surface area contributed by atoms with Gasteiger partial charge in [0, 0.05) is 21.7 Å². The van der Waals surface area contributed by atoms with Gasteiger partial charge in [-0.3, -0.25) is 14.6 Å². The third-order valence-electron chi connectivity index (χ3n) is 6.15.